The molecule has 0 atom stereocenters. The Morgan fingerprint density at radius 2 is 1.40 bits per heavy atom. The topological polar surface area (TPSA) is 65.2 Å². The molecule has 0 aromatic rings. The van der Waals surface area contributed by atoms with E-state index in [9.17, 15) is 0 Å². The van der Waals surface area contributed by atoms with Crippen molar-refractivity contribution in [3.63, 3.8) is 0 Å². The van der Waals surface area contributed by atoms with Gasteiger partial charge in [-0.2, -0.15) is 0 Å². The smallest absolute Gasteiger partial charge is 0.171 e. The molecule has 6 heteroatoms. The Morgan fingerprint density at radius 1 is 1.00 bits per heavy atom. The van der Waals surface area contributed by atoms with Gasteiger partial charge >= 0.3 is 0 Å². The van der Waals surface area contributed by atoms with Gasteiger partial charge in [-0.25, -0.2) is 0 Å². The number of rotatable bonds is 0. The number of thioether (sulfide) groups is 2. The van der Waals surface area contributed by atoms with E-state index in [1.165, 1.54) is 23.5 Å². The third-order valence-corrected chi connectivity index (χ3v) is 3.23. The zero-order chi connectivity index (χ0) is 7.40. The van der Waals surface area contributed by atoms with E-state index in [4.69, 9.17) is 10.4 Å². The lowest BCUT2D eigenvalue weighted by molar-refractivity contribution is 0.316. The summed E-state index contributed by atoms with van der Waals surface area (Å²) in [5.74, 6) is 1.78. The standard InChI is InChI=1S/C4H6N2O2S2/c7-5-3-4(6-8)10-2-1-9-3/h7-8H,1-2H2. The molecule has 1 fully saturated rings. The highest BCUT2D eigenvalue weighted by Gasteiger charge is 2.16. The number of nitrogens with zero attached hydrogens (tertiary/aromatic N) is 2. The van der Waals surface area contributed by atoms with Gasteiger partial charge in [0.2, 0.25) is 0 Å². The van der Waals surface area contributed by atoms with Crippen LogP contribution in [0.3, 0.4) is 0 Å². The van der Waals surface area contributed by atoms with E-state index in [1.807, 2.05) is 0 Å². The Labute approximate surface area is 66.4 Å². The molecule has 1 saturated heterocycles. The van der Waals surface area contributed by atoms with Crippen molar-refractivity contribution in [1.29, 1.82) is 0 Å². The van der Waals surface area contributed by atoms with Gasteiger partial charge in [0.15, 0.2) is 10.1 Å². The van der Waals surface area contributed by atoms with Gasteiger partial charge in [-0.15, -0.1) is 0 Å². The molecule has 0 saturated carbocycles. The van der Waals surface area contributed by atoms with Crippen LogP contribution in [-0.2, 0) is 0 Å². The van der Waals surface area contributed by atoms with Crippen LogP contribution in [0, 0.1) is 0 Å². The van der Waals surface area contributed by atoms with Crippen LogP contribution in [0.5, 0.6) is 0 Å². The molecule has 0 bridgehead atoms. The molecule has 1 rings (SSSR count). The van der Waals surface area contributed by atoms with Crippen molar-refractivity contribution in [1.82, 2.24) is 0 Å². The summed E-state index contributed by atoms with van der Waals surface area (Å²) >= 11 is 2.77. The summed E-state index contributed by atoms with van der Waals surface area (Å²) in [6.07, 6.45) is 0. The maximum atomic E-state index is 8.35. The quantitative estimate of drug-likeness (QED) is 0.429. The monoisotopic (exact) mass is 178 g/mol. The van der Waals surface area contributed by atoms with Crippen molar-refractivity contribution in [2.24, 2.45) is 10.3 Å². The molecule has 0 amide bonds. The second kappa shape index (κ2) is 3.72. The van der Waals surface area contributed by atoms with E-state index < -0.39 is 0 Å². The van der Waals surface area contributed by atoms with Crippen LogP contribution in [0.1, 0.15) is 0 Å². The van der Waals surface area contributed by atoms with E-state index >= 15 is 0 Å². The maximum Gasteiger partial charge on any atom is 0.171 e. The van der Waals surface area contributed by atoms with Crippen LogP contribution in [0.2, 0.25) is 0 Å². The molecule has 56 valence electrons. The fourth-order valence-corrected chi connectivity index (χ4v) is 2.39. The van der Waals surface area contributed by atoms with Crippen LogP contribution in [0.4, 0.5) is 0 Å². The van der Waals surface area contributed by atoms with Gasteiger partial charge in [-0.05, 0) is 0 Å². The molecule has 0 unspecified atom stereocenters. The summed E-state index contributed by atoms with van der Waals surface area (Å²) in [7, 11) is 0. The third-order valence-electron chi connectivity index (χ3n) is 0.925. The second-order valence-corrected chi connectivity index (χ2v) is 3.67. The number of hydrogen-bond donors (Lipinski definition) is 2. The highest BCUT2D eigenvalue weighted by atomic mass is 32.2. The fraction of sp³-hybridized carbons (Fsp3) is 0.500. The third kappa shape index (κ3) is 1.57. The van der Waals surface area contributed by atoms with Gasteiger partial charge in [0.25, 0.3) is 0 Å². The lowest BCUT2D eigenvalue weighted by Gasteiger charge is -2.09. The minimum atomic E-state index is 0.402. The molecule has 1 heterocycles. The molecule has 0 radical (unpaired) electrons. The number of hydrogen-bond acceptors (Lipinski definition) is 6. The van der Waals surface area contributed by atoms with Crippen LogP contribution in [0.25, 0.3) is 0 Å². The SMILES string of the molecule is ON=C1SCCSC1=NO. The molecule has 1 aliphatic rings. The lowest BCUT2D eigenvalue weighted by Crippen LogP contribution is -2.14. The van der Waals surface area contributed by atoms with Crippen LogP contribution < -0.4 is 0 Å². The van der Waals surface area contributed by atoms with Gasteiger partial charge in [-0.1, -0.05) is 33.8 Å². The minimum absolute atomic E-state index is 0.402. The molecule has 1 aliphatic heterocycles. The Morgan fingerprint density at radius 3 is 1.70 bits per heavy atom. The summed E-state index contributed by atoms with van der Waals surface area (Å²) < 4.78 is 0. The first-order valence-electron chi connectivity index (χ1n) is 2.58. The van der Waals surface area contributed by atoms with Crippen molar-refractivity contribution in [3.8, 4) is 0 Å². The molecule has 0 aliphatic carbocycles. The molecule has 0 aromatic heterocycles. The average Bonchev–Trinajstić information content (AvgIpc) is 2.04. The first-order valence-corrected chi connectivity index (χ1v) is 4.55. The predicted molar refractivity (Wildman–Crippen MR) is 43.4 cm³/mol. The zero-order valence-corrected chi connectivity index (χ0v) is 6.65. The van der Waals surface area contributed by atoms with E-state index in [0.717, 1.165) is 11.5 Å². The molecule has 10 heavy (non-hydrogen) atoms. The van der Waals surface area contributed by atoms with Crippen molar-refractivity contribution >= 4 is 33.6 Å². The fourth-order valence-electron chi connectivity index (χ4n) is 0.543. The van der Waals surface area contributed by atoms with Gasteiger partial charge < -0.3 is 10.4 Å². The lowest BCUT2D eigenvalue weighted by atomic mass is 10.8. The molecular weight excluding hydrogens is 172 g/mol. The maximum absolute atomic E-state index is 8.35. The Hall–Kier alpha value is -0.360. The highest BCUT2D eigenvalue weighted by Crippen LogP contribution is 2.21. The number of oxime groups is 2. The van der Waals surface area contributed by atoms with Crippen LogP contribution in [-0.4, -0.2) is 32.0 Å². The van der Waals surface area contributed by atoms with Gasteiger partial charge in [-0.3, -0.25) is 0 Å². The predicted octanol–water partition coefficient (Wildman–Crippen LogP) is 1.04. The van der Waals surface area contributed by atoms with Gasteiger partial charge in [0, 0.05) is 11.5 Å². The highest BCUT2D eigenvalue weighted by molar-refractivity contribution is 8.27. The van der Waals surface area contributed by atoms with Crippen LogP contribution in [0.15, 0.2) is 10.3 Å². The van der Waals surface area contributed by atoms with Crippen molar-refractivity contribution in [3.05, 3.63) is 0 Å². The molecule has 0 aromatic carbocycles. The first kappa shape index (κ1) is 7.74. The molecule has 0 spiro atoms. The van der Waals surface area contributed by atoms with Gasteiger partial charge in [0.1, 0.15) is 0 Å². The van der Waals surface area contributed by atoms with Crippen molar-refractivity contribution in [2.45, 2.75) is 0 Å². The molecular formula is C4H6N2O2S2. The van der Waals surface area contributed by atoms with Crippen molar-refractivity contribution < 1.29 is 10.4 Å². The Bertz CT molecular complexity index is 160. The first-order chi connectivity index (χ1) is 4.88. The second-order valence-electron chi connectivity index (χ2n) is 1.51. The van der Waals surface area contributed by atoms with E-state index in [2.05, 4.69) is 10.3 Å². The molecule has 2 N–H and O–H groups in total. The van der Waals surface area contributed by atoms with E-state index in [1.54, 1.807) is 0 Å². The van der Waals surface area contributed by atoms with Crippen LogP contribution >= 0.6 is 23.5 Å². The normalized spacial score (nSPS) is 27.6. The van der Waals surface area contributed by atoms with Crippen molar-refractivity contribution in [2.75, 3.05) is 11.5 Å². The average molecular weight is 178 g/mol. The Kier molecular flexibility index (Phi) is 2.88. The largest absolute Gasteiger partial charge is 0.410 e. The summed E-state index contributed by atoms with van der Waals surface area (Å²) in [5, 5.41) is 23.4. The zero-order valence-electron chi connectivity index (χ0n) is 5.02. The summed E-state index contributed by atoms with van der Waals surface area (Å²) in [6, 6.07) is 0. The molecule has 4 nitrogen and oxygen atoms in total. The summed E-state index contributed by atoms with van der Waals surface area (Å²) in [5.41, 5.74) is 0. The minimum Gasteiger partial charge on any atom is -0.410 e. The summed E-state index contributed by atoms with van der Waals surface area (Å²) in [6.45, 7) is 0. The summed E-state index contributed by atoms with van der Waals surface area (Å²) in [4.78, 5) is 0. The van der Waals surface area contributed by atoms with Gasteiger partial charge in [0.05, 0.1) is 0 Å². The van der Waals surface area contributed by atoms with E-state index in [0.29, 0.717) is 10.1 Å². The Balaban J connectivity index is 2.69. The van der Waals surface area contributed by atoms with E-state index in [-0.39, 0.29) is 0 Å².